The number of nitrogens with one attached hydrogen (secondary N) is 1. The second-order valence-corrected chi connectivity index (χ2v) is 7.30. The van der Waals surface area contributed by atoms with Gasteiger partial charge in [0, 0.05) is 6.07 Å². The molecule has 0 aliphatic heterocycles. The molecule has 0 saturated carbocycles. The molecule has 0 aliphatic rings. The smallest absolute Gasteiger partial charge is 0.344 e. The Morgan fingerprint density at radius 3 is 2.33 bits per heavy atom. The largest absolute Gasteiger partial charge is 0.475 e. The summed E-state index contributed by atoms with van der Waals surface area (Å²) >= 11 is 0. The topological polar surface area (TPSA) is 108 Å². The van der Waals surface area contributed by atoms with Gasteiger partial charge in [-0.2, -0.15) is 0 Å². The molecular weight excluding hydrogens is 388 g/mol. The van der Waals surface area contributed by atoms with Crippen molar-refractivity contribution in [2.75, 3.05) is 13.2 Å². The van der Waals surface area contributed by atoms with Gasteiger partial charge in [-0.3, -0.25) is 14.9 Å². The summed E-state index contributed by atoms with van der Waals surface area (Å²) in [6.07, 6.45) is 0.991. The molecule has 1 N–H and O–H groups in total. The Bertz CT molecular complexity index is 879. The van der Waals surface area contributed by atoms with Crippen molar-refractivity contribution in [2.45, 2.75) is 33.2 Å². The van der Waals surface area contributed by atoms with E-state index in [0.29, 0.717) is 5.92 Å². The van der Waals surface area contributed by atoms with Crippen LogP contribution >= 0.6 is 0 Å². The van der Waals surface area contributed by atoms with Crippen molar-refractivity contribution in [1.82, 2.24) is 5.32 Å². The molecule has 2 aromatic carbocycles. The molecule has 1 amide bonds. The molecule has 8 nitrogen and oxygen atoms in total. The molecular formula is C22H26N2O6. The third-order valence-corrected chi connectivity index (χ3v) is 4.27. The van der Waals surface area contributed by atoms with Gasteiger partial charge in [0.15, 0.2) is 19.0 Å². The van der Waals surface area contributed by atoms with E-state index in [1.165, 1.54) is 23.8 Å². The SMILES string of the molecule is CC(C)Cc1ccc([C@H](C)NC(=O)COC(=O)COc2ccccc2[N+](=O)[O-])cc1. The van der Waals surface area contributed by atoms with Gasteiger partial charge in [-0.05, 0) is 36.5 Å². The normalized spacial score (nSPS) is 11.6. The highest BCUT2D eigenvalue weighted by atomic mass is 16.6. The number of nitro benzene ring substituents is 1. The Balaban J connectivity index is 1.77. The molecule has 0 radical (unpaired) electrons. The van der Waals surface area contributed by atoms with Crippen LogP contribution in [0.25, 0.3) is 0 Å². The van der Waals surface area contributed by atoms with Crippen LogP contribution in [-0.4, -0.2) is 30.0 Å². The van der Waals surface area contributed by atoms with Gasteiger partial charge >= 0.3 is 11.7 Å². The summed E-state index contributed by atoms with van der Waals surface area (Å²) < 4.78 is 10.0. The average molecular weight is 414 g/mol. The Morgan fingerprint density at radius 2 is 1.70 bits per heavy atom. The predicted octanol–water partition coefficient (Wildman–Crippen LogP) is 3.59. The molecule has 1 atom stereocenters. The van der Waals surface area contributed by atoms with Gasteiger partial charge in [-0.25, -0.2) is 4.79 Å². The Kier molecular flexibility index (Phi) is 8.34. The lowest BCUT2D eigenvalue weighted by Crippen LogP contribution is -2.32. The lowest BCUT2D eigenvalue weighted by atomic mass is 10.00. The van der Waals surface area contributed by atoms with Crippen LogP contribution in [0.5, 0.6) is 5.75 Å². The summed E-state index contributed by atoms with van der Waals surface area (Å²) in [5, 5.41) is 13.7. The summed E-state index contributed by atoms with van der Waals surface area (Å²) in [4.78, 5) is 34.1. The number of amides is 1. The number of esters is 1. The van der Waals surface area contributed by atoms with E-state index in [2.05, 4.69) is 19.2 Å². The maximum atomic E-state index is 12.0. The van der Waals surface area contributed by atoms with E-state index in [1.54, 1.807) is 6.07 Å². The second kappa shape index (κ2) is 10.9. The molecule has 0 aromatic heterocycles. The lowest BCUT2D eigenvalue weighted by molar-refractivity contribution is -0.385. The number of hydrogen-bond donors (Lipinski definition) is 1. The maximum absolute atomic E-state index is 12.0. The first-order chi connectivity index (χ1) is 14.3. The van der Waals surface area contributed by atoms with Gasteiger partial charge in [0.1, 0.15) is 0 Å². The van der Waals surface area contributed by atoms with Crippen LogP contribution in [0.1, 0.15) is 37.9 Å². The minimum absolute atomic E-state index is 0.0431. The van der Waals surface area contributed by atoms with Crippen molar-refractivity contribution in [3.05, 3.63) is 69.8 Å². The van der Waals surface area contributed by atoms with Crippen LogP contribution in [0, 0.1) is 16.0 Å². The standard InChI is InChI=1S/C22H26N2O6/c1-15(2)12-17-8-10-18(11-9-17)16(3)23-21(25)13-30-22(26)14-29-20-7-5-4-6-19(20)24(27)28/h4-11,15-16H,12-14H2,1-3H3,(H,23,25)/t16-/m0/s1. The van der Waals surface area contributed by atoms with Crippen molar-refractivity contribution >= 4 is 17.6 Å². The highest BCUT2D eigenvalue weighted by Gasteiger charge is 2.16. The van der Waals surface area contributed by atoms with Crippen LogP contribution in [0.2, 0.25) is 0 Å². The first-order valence-electron chi connectivity index (χ1n) is 9.66. The molecule has 0 spiro atoms. The number of benzene rings is 2. The van der Waals surface area contributed by atoms with Gasteiger partial charge < -0.3 is 14.8 Å². The number of para-hydroxylation sites is 2. The van der Waals surface area contributed by atoms with E-state index in [0.717, 1.165) is 12.0 Å². The molecule has 2 rings (SSSR count). The van der Waals surface area contributed by atoms with Gasteiger partial charge in [0.25, 0.3) is 5.91 Å². The monoisotopic (exact) mass is 414 g/mol. The summed E-state index contributed by atoms with van der Waals surface area (Å²) in [7, 11) is 0. The Hall–Kier alpha value is -3.42. The van der Waals surface area contributed by atoms with Crippen molar-refractivity contribution in [2.24, 2.45) is 5.92 Å². The van der Waals surface area contributed by atoms with Gasteiger partial charge in [0.05, 0.1) is 11.0 Å². The molecule has 0 unspecified atom stereocenters. The molecule has 0 aliphatic carbocycles. The van der Waals surface area contributed by atoms with E-state index in [1.807, 2.05) is 31.2 Å². The van der Waals surface area contributed by atoms with Crippen LogP contribution in [-0.2, 0) is 20.7 Å². The Morgan fingerprint density at radius 1 is 1.03 bits per heavy atom. The molecule has 8 heteroatoms. The van der Waals surface area contributed by atoms with Crippen LogP contribution in [0.3, 0.4) is 0 Å². The number of hydrogen-bond acceptors (Lipinski definition) is 6. The molecule has 2 aromatic rings. The van der Waals surface area contributed by atoms with Crippen LogP contribution < -0.4 is 10.1 Å². The zero-order valence-corrected chi connectivity index (χ0v) is 17.3. The molecule has 30 heavy (non-hydrogen) atoms. The first kappa shape index (κ1) is 22.9. The van der Waals surface area contributed by atoms with Crippen molar-refractivity contribution in [1.29, 1.82) is 0 Å². The van der Waals surface area contributed by atoms with E-state index >= 15 is 0 Å². The highest BCUT2D eigenvalue weighted by Crippen LogP contribution is 2.25. The zero-order valence-electron chi connectivity index (χ0n) is 17.3. The maximum Gasteiger partial charge on any atom is 0.344 e. The van der Waals surface area contributed by atoms with Gasteiger partial charge in [0.2, 0.25) is 0 Å². The number of carbonyl (C=O) groups excluding carboxylic acids is 2. The number of ether oxygens (including phenoxy) is 2. The summed E-state index contributed by atoms with van der Waals surface area (Å²) in [5.74, 6) is -0.722. The number of carbonyl (C=O) groups is 2. The average Bonchev–Trinajstić information content (AvgIpc) is 2.70. The van der Waals surface area contributed by atoms with E-state index < -0.39 is 30.0 Å². The summed E-state index contributed by atoms with van der Waals surface area (Å²) in [6.45, 7) is 5.16. The second-order valence-electron chi connectivity index (χ2n) is 7.30. The van der Waals surface area contributed by atoms with Gasteiger partial charge in [-0.15, -0.1) is 0 Å². The summed E-state index contributed by atoms with van der Waals surface area (Å²) in [6, 6.07) is 13.5. The number of nitro groups is 1. The van der Waals surface area contributed by atoms with Crippen molar-refractivity contribution in [3.8, 4) is 5.75 Å². The Labute approximate surface area is 175 Å². The van der Waals surface area contributed by atoms with Crippen molar-refractivity contribution < 1.29 is 24.0 Å². The van der Waals surface area contributed by atoms with E-state index in [9.17, 15) is 19.7 Å². The number of nitrogens with zero attached hydrogens (tertiary/aromatic N) is 1. The van der Waals surface area contributed by atoms with Crippen molar-refractivity contribution in [3.63, 3.8) is 0 Å². The fourth-order valence-corrected chi connectivity index (χ4v) is 2.83. The van der Waals surface area contributed by atoms with Gasteiger partial charge in [-0.1, -0.05) is 50.2 Å². The highest BCUT2D eigenvalue weighted by molar-refractivity contribution is 5.81. The minimum atomic E-state index is -0.797. The molecule has 0 saturated heterocycles. The molecule has 160 valence electrons. The number of rotatable bonds is 10. The zero-order chi connectivity index (χ0) is 22.1. The van der Waals surface area contributed by atoms with Crippen LogP contribution in [0.4, 0.5) is 5.69 Å². The van der Waals surface area contributed by atoms with E-state index in [-0.39, 0.29) is 17.5 Å². The third kappa shape index (κ3) is 7.20. The fourth-order valence-electron chi connectivity index (χ4n) is 2.83. The first-order valence-corrected chi connectivity index (χ1v) is 9.66. The molecule has 0 heterocycles. The molecule has 0 bridgehead atoms. The predicted molar refractivity (Wildman–Crippen MR) is 111 cm³/mol. The van der Waals surface area contributed by atoms with E-state index in [4.69, 9.17) is 9.47 Å². The lowest BCUT2D eigenvalue weighted by Gasteiger charge is -2.15. The van der Waals surface area contributed by atoms with Crippen LogP contribution in [0.15, 0.2) is 48.5 Å². The molecule has 0 fully saturated rings. The minimum Gasteiger partial charge on any atom is -0.475 e. The quantitative estimate of drug-likeness (QED) is 0.362. The third-order valence-electron chi connectivity index (χ3n) is 4.27. The summed E-state index contributed by atoms with van der Waals surface area (Å²) in [5.41, 5.74) is 1.93. The fraction of sp³-hybridized carbons (Fsp3) is 0.364.